The molecule has 2 aromatic heterocycles. The SMILES string of the molecule is O=C1NC(=O)C(Cc2ccccc2)(C2CCN(C(=O)Cc3cn4ccsc4n3)CC2)N1. The minimum atomic E-state index is -0.970. The van der Waals surface area contributed by atoms with Crippen LogP contribution in [0.4, 0.5) is 4.79 Å². The highest BCUT2D eigenvalue weighted by atomic mass is 32.1. The van der Waals surface area contributed by atoms with Crippen molar-refractivity contribution in [3.63, 3.8) is 0 Å². The number of urea groups is 1. The Kier molecular flexibility index (Phi) is 4.97. The van der Waals surface area contributed by atoms with E-state index in [4.69, 9.17) is 0 Å². The maximum Gasteiger partial charge on any atom is 0.322 e. The number of aromatic nitrogens is 2. The first-order valence-corrected chi connectivity index (χ1v) is 11.3. The fraction of sp³-hybridized carbons (Fsp3) is 0.364. The third-order valence-electron chi connectivity index (χ3n) is 6.31. The van der Waals surface area contributed by atoms with Crippen molar-refractivity contribution >= 4 is 34.1 Å². The number of benzene rings is 1. The standard InChI is InChI=1S/C22H23N5O3S/c28-18(12-17-14-27-10-11-31-21(27)23-17)26-8-6-16(7-9-26)22(19(29)24-20(30)25-22)13-15-4-2-1-3-5-15/h1-5,10-11,14,16H,6-9,12-13H2,(H2,24,25,29,30). The van der Waals surface area contributed by atoms with Crippen LogP contribution in [0.2, 0.25) is 0 Å². The Hall–Kier alpha value is -3.20. The van der Waals surface area contributed by atoms with E-state index in [2.05, 4.69) is 15.6 Å². The van der Waals surface area contributed by atoms with Crippen LogP contribution in [0.25, 0.3) is 4.96 Å². The number of nitrogens with one attached hydrogen (secondary N) is 2. The Balaban J connectivity index is 1.27. The van der Waals surface area contributed by atoms with Crippen molar-refractivity contribution in [1.29, 1.82) is 0 Å². The number of imidazole rings is 1. The molecule has 2 fully saturated rings. The second kappa shape index (κ2) is 7.81. The van der Waals surface area contributed by atoms with Gasteiger partial charge < -0.3 is 10.2 Å². The fourth-order valence-electron chi connectivity index (χ4n) is 4.73. The molecule has 3 aromatic rings. The molecule has 9 heteroatoms. The van der Waals surface area contributed by atoms with Crippen LogP contribution in [0.15, 0.2) is 48.1 Å². The predicted molar refractivity (Wildman–Crippen MR) is 116 cm³/mol. The van der Waals surface area contributed by atoms with Gasteiger partial charge in [0.2, 0.25) is 5.91 Å². The summed E-state index contributed by atoms with van der Waals surface area (Å²) in [5, 5.41) is 7.30. The molecule has 2 saturated heterocycles. The molecular formula is C22H23N5O3S. The van der Waals surface area contributed by atoms with E-state index in [9.17, 15) is 14.4 Å². The van der Waals surface area contributed by atoms with Gasteiger partial charge in [-0.2, -0.15) is 0 Å². The summed E-state index contributed by atoms with van der Waals surface area (Å²) in [6, 6.07) is 9.27. The Labute approximate surface area is 183 Å². The Morgan fingerprint density at radius 2 is 1.97 bits per heavy atom. The highest BCUT2D eigenvalue weighted by Crippen LogP contribution is 2.34. The van der Waals surface area contributed by atoms with Gasteiger partial charge in [-0.05, 0) is 24.3 Å². The summed E-state index contributed by atoms with van der Waals surface area (Å²) >= 11 is 1.54. The van der Waals surface area contributed by atoms with E-state index in [1.165, 1.54) is 0 Å². The molecule has 31 heavy (non-hydrogen) atoms. The van der Waals surface area contributed by atoms with Crippen LogP contribution in [0.1, 0.15) is 24.1 Å². The molecule has 1 atom stereocenters. The summed E-state index contributed by atoms with van der Waals surface area (Å²) in [6.45, 7) is 1.12. The smallest absolute Gasteiger partial charge is 0.322 e. The zero-order valence-corrected chi connectivity index (χ0v) is 17.7. The molecule has 0 saturated carbocycles. The number of amides is 4. The van der Waals surface area contributed by atoms with Gasteiger partial charge in [-0.25, -0.2) is 9.78 Å². The van der Waals surface area contributed by atoms with E-state index in [1.807, 2.05) is 57.4 Å². The van der Waals surface area contributed by atoms with Crippen LogP contribution >= 0.6 is 11.3 Å². The molecule has 0 spiro atoms. The van der Waals surface area contributed by atoms with Crippen LogP contribution in [-0.2, 0) is 22.4 Å². The molecule has 0 radical (unpaired) electrons. The van der Waals surface area contributed by atoms with Crippen molar-refractivity contribution in [2.75, 3.05) is 13.1 Å². The largest absolute Gasteiger partial charge is 0.342 e. The Morgan fingerprint density at radius 1 is 1.19 bits per heavy atom. The maximum atomic E-state index is 12.8. The number of rotatable bonds is 5. The minimum absolute atomic E-state index is 0.0406. The van der Waals surface area contributed by atoms with Crippen LogP contribution < -0.4 is 10.6 Å². The van der Waals surface area contributed by atoms with E-state index in [0.717, 1.165) is 16.2 Å². The number of hydrogen-bond acceptors (Lipinski definition) is 5. The number of imide groups is 1. The Bertz CT molecular complexity index is 1100. The van der Waals surface area contributed by atoms with Crippen molar-refractivity contribution in [2.45, 2.75) is 31.2 Å². The summed E-state index contributed by atoms with van der Waals surface area (Å²) in [7, 11) is 0. The lowest BCUT2D eigenvalue weighted by atomic mass is 9.74. The lowest BCUT2D eigenvalue weighted by Crippen LogP contribution is -2.58. The van der Waals surface area contributed by atoms with Gasteiger partial charge in [0.25, 0.3) is 5.91 Å². The number of fused-ring (bicyclic) bond motifs is 1. The number of piperidine rings is 1. The third-order valence-corrected chi connectivity index (χ3v) is 7.09. The normalized spacial score (nSPS) is 22.0. The van der Waals surface area contributed by atoms with Crippen molar-refractivity contribution < 1.29 is 14.4 Å². The molecule has 5 rings (SSSR count). The van der Waals surface area contributed by atoms with E-state index in [1.54, 1.807) is 11.3 Å². The van der Waals surface area contributed by atoms with Crippen molar-refractivity contribution in [3.8, 4) is 0 Å². The second-order valence-electron chi connectivity index (χ2n) is 8.20. The highest BCUT2D eigenvalue weighted by Gasteiger charge is 2.52. The van der Waals surface area contributed by atoms with E-state index in [0.29, 0.717) is 32.4 Å². The molecule has 0 aliphatic carbocycles. The van der Waals surface area contributed by atoms with Gasteiger partial charge in [0.1, 0.15) is 5.54 Å². The van der Waals surface area contributed by atoms with E-state index in [-0.39, 0.29) is 24.2 Å². The quantitative estimate of drug-likeness (QED) is 0.597. The summed E-state index contributed by atoms with van der Waals surface area (Å²) in [5.74, 6) is -0.272. The van der Waals surface area contributed by atoms with Gasteiger partial charge in [-0.15, -0.1) is 11.3 Å². The lowest BCUT2D eigenvalue weighted by molar-refractivity contribution is -0.133. The van der Waals surface area contributed by atoms with E-state index < -0.39 is 11.6 Å². The molecule has 160 valence electrons. The maximum absolute atomic E-state index is 12.8. The van der Waals surface area contributed by atoms with Crippen molar-refractivity contribution in [3.05, 3.63) is 59.4 Å². The topological polar surface area (TPSA) is 95.8 Å². The number of carbonyl (C=O) groups is 3. The molecule has 2 N–H and O–H groups in total. The van der Waals surface area contributed by atoms with Gasteiger partial charge in [-0.3, -0.25) is 19.3 Å². The average molecular weight is 438 g/mol. The van der Waals surface area contributed by atoms with Crippen LogP contribution in [0.3, 0.4) is 0 Å². The lowest BCUT2D eigenvalue weighted by Gasteiger charge is -2.40. The number of likely N-dealkylation sites (tertiary alicyclic amines) is 1. The number of carbonyl (C=O) groups excluding carboxylic acids is 3. The average Bonchev–Trinajstić information content (AvgIpc) is 3.43. The molecule has 4 heterocycles. The Morgan fingerprint density at radius 3 is 2.65 bits per heavy atom. The summed E-state index contributed by atoms with van der Waals surface area (Å²) in [4.78, 5) is 44.9. The molecule has 2 aliphatic heterocycles. The summed E-state index contributed by atoms with van der Waals surface area (Å²) < 4.78 is 1.92. The number of hydrogen-bond donors (Lipinski definition) is 2. The van der Waals surface area contributed by atoms with Crippen molar-refractivity contribution in [2.24, 2.45) is 5.92 Å². The molecular weight excluding hydrogens is 414 g/mol. The van der Waals surface area contributed by atoms with Gasteiger partial charge in [0.05, 0.1) is 12.1 Å². The van der Waals surface area contributed by atoms with Crippen LogP contribution in [-0.4, -0.2) is 50.8 Å². The minimum Gasteiger partial charge on any atom is -0.342 e. The monoisotopic (exact) mass is 437 g/mol. The molecule has 4 amide bonds. The first kappa shape index (κ1) is 19.7. The van der Waals surface area contributed by atoms with Gasteiger partial charge in [0, 0.05) is 37.3 Å². The van der Waals surface area contributed by atoms with Crippen molar-refractivity contribution in [1.82, 2.24) is 24.9 Å². The highest BCUT2D eigenvalue weighted by molar-refractivity contribution is 7.15. The zero-order valence-electron chi connectivity index (χ0n) is 16.9. The van der Waals surface area contributed by atoms with Gasteiger partial charge in [-0.1, -0.05) is 30.3 Å². The van der Waals surface area contributed by atoms with Gasteiger partial charge in [0.15, 0.2) is 4.96 Å². The molecule has 2 aliphatic rings. The van der Waals surface area contributed by atoms with Crippen LogP contribution in [0.5, 0.6) is 0 Å². The molecule has 1 unspecified atom stereocenters. The second-order valence-corrected chi connectivity index (χ2v) is 9.07. The number of thiazole rings is 1. The fourth-order valence-corrected chi connectivity index (χ4v) is 5.45. The molecule has 1 aromatic carbocycles. The number of nitrogens with zero attached hydrogens (tertiary/aromatic N) is 3. The zero-order chi connectivity index (χ0) is 21.4. The van der Waals surface area contributed by atoms with Gasteiger partial charge >= 0.3 is 6.03 Å². The van der Waals surface area contributed by atoms with E-state index >= 15 is 0 Å². The molecule has 0 bridgehead atoms. The summed E-state index contributed by atoms with van der Waals surface area (Å²) in [5.41, 5.74) is 0.794. The summed E-state index contributed by atoms with van der Waals surface area (Å²) in [6.07, 6.45) is 5.85. The first-order chi connectivity index (χ1) is 15.0. The predicted octanol–water partition coefficient (Wildman–Crippen LogP) is 2.00. The third kappa shape index (κ3) is 3.69. The molecule has 8 nitrogen and oxygen atoms in total. The first-order valence-electron chi connectivity index (χ1n) is 10.4. The van der Waals surface area contributed by atoms with Crippen LogP contribution in [0, 0.1) is 5.92 Å².